The molecule has 0 aliphatic carbocycles. The van der Waals surface area contributed by atoms with Gasteiger partial charge in [0.2, 0.25) is 0 Å². The Hall–Kier alpha value is -1.86. The van der Waals surface area contributed by atoms with Crippen LogP contribution in [-0.4, -0.2) is 20.6 Å². The summed E-state index contributed by atoms with van der Waals surface area (Å²) in [6.07, 6.45) is 0. The number of aromatic nitrogens is 1. The fraction of sp³-hybridized carbons (Fsp3) is 0.357. The summed E-state index contributed by atoms with van der Waals surface area (Å²) in [5, 5.41) is 6.80. The van der Waals surface area contributed by atoms with Crippen molar-refractivity contribution in [3.05, 3.63) is 41.3 Å². The number of nitrogens with one attached hydrogen (secondary N) is 2. The third-order valence-electron chi connectivity index (χ3n) is 3.33. The molecular formula is C14H19N3O3S. The molecule has 114 valence electrons. The molecule has 1 unspecified atom stereocenters. The van der Waals surface area contributed by atoms with Gasteiger partial charge in [0.15, 0.2) is 10.7 Å². The Bertz CT molecular complexity index is 701. The molecule has 2 N–H and O–H groups in total. The number of hydrogen-bond donors (Lipinski definition) is 2. The summed E-state index contributed by atoms with van der Waals surface area (Å²) in [7, 11) is -1.82. The lowest BCUT2D eigenvalue weighted by Gasteiger charge is -2.12. The summed E-state index contributed by atoms with van der Waals surface area (Å²) in [5.41, 5.74) is 1.93. The molecular weight excluding hydrogens is 290 g/mol. The quantitative estimate of drug-likeness (QED) is 0.886. The van der Waals surface area contributed by atoms with E-state index in [9.17, 15) is 8.42 Å². The second-order valence-electron chi connectivity index (χ2n) is 4.89. The van der Waals surface area contributed by atoms with Gasteiger partial charge in [0, 0.05) is 11.7 Å². The number of aryl methyl sites for hydroxylation is 2. The predicted molar refractivity (Wildman–Crippen MR) is 80.7 cm³/mol. The van der Waals surface area contributed by atoms with E-state index in [2.05, 4.69) is 15.2 Å². The van der Waals surface area contributed by atoms with E-state index in [0.717, 1.165) is 5.56 Å². The van der Waals surface area contributed by atoms with Gasteiger partial charge in [-0.25, -0.2) is 8.42 Å². The Labute approximate surface area is 124 Å². The zero-order chi connectivity index (χ0) is 15.6. The molecule has 1 heterocycles. The SMILES string of the molecule is CNC(C)c1ccc(NS(=O)(=O)c2c(C)noc2C)cc1. The third kappa shape index (κ3) is 3.25. The first-order chi connectivity index (χ1) is 9.85. The average molecular weight is 309 g/mol. The van der Waals surface area contributed by atoms with Crippen LogP contribution in [0.3, 0.4) is 0 Å². The summed E-state index contributed by atoms with van der Waals surface area (Å²) in [5.74, 6) is 0.278. The van der Waals surface area contributed by atoms with E-state index >= 15 is 0 Å². The summed E-state index contributed by atoms with van der Waals surface area (Å²) >= 11 is 0. The highest BCUT2D eigenvalue weighted by molar-refractivity contribution is 7.92. The lowest BCUT2D eigenvalue weighted by Crippen LogP contribution is -2.15. The van der Waals surface area contributed by atoms with Crippen LogP contribution in [0.15, 0.2) is 33.7 Å². The molecule has 0 saturated carbocycles. The van der Waals surface area contributed by atoms with Crippen molar-refractivity contribution in [3.63, 3.8) is 0 Å². The molecule has 0 aliphatic heterocycles. The fourth-order valence-electron chi connectivity index (χ4n) is 2.07. The Kier molecular flexibility index (Phi) is 4.34. The first-order valence-electron chi connectivity index (χ1n) is 6.58. The largest absolute Gasteiger partial charge is 0.360 e. The normalized spacial score (nSPS) is 13.1. The number of hydrogen-bond acceptors (Lipinski definition) is 5. The van der Waals surface area contributed by atoms with Gasteiger partial charge in [0.1, 0.15) is 5.69 Å². The molecule has 0 radical (unpaired) electrons. The van der Waals surface area contributed by atoms with E-state index in [1.165, 1.54) is 0 Å². The molecule has 1 aromatic heterocycles. The molecule has 21 heavy (non-hydrogen) atoms. The molecule has 0 bridgehead atoms. The molecule has 0 fully saturated rings. The van der Waals surface area contributed by atoms with E-state index in [1.807, 2.05) is 26.1 Å². The Morgan fingerprint density at radius 1 is 1.19 bits per heavy atom. The van der Waals surface area contributed by atoms with Crippen LogP contribution in [0.5, 0.6) is 0 Å². The number of nitrogens with zero attached hydrogens (tertiary/aromatic N) is 1. The molecule has 7 heteroatoms. The van der Waals surface area contributed by atoms with Gasteiger partial charge in [-0.05, 0) is 45.5 Å². The van der Waals surface area contributed by atoms with Crippen LogP contribution >= 0.6 is 0 Å². The number of anilines is 1. The van der Waals surface area contributed by atoms with Crippen LogP contribution in [0.2, 0.25) is 0 Å². The lowest BCUT2D eigenvalue weighted by molar-refractivity contribution is 0.390. The van der Waals surface area contributed by atoms with Crippen LogP contribution in [0.25, 0.3) is 0 Å². The van der Waals surface area contributed by atoms with Crippen molar-refractivity contribution >= 4 is 15.7 Å². The molecule has 0 spiro atoms. The van der Waals surface area contributed by atoms with Gasteiger partial charge in [0.25, 0.3) is 10.0 Å². The van der Waals surface area contributed by atoms with Gasteiger partial charge in [-0.1, -0.05) is 17.3 Å². The Balaban J connectivity index is 2.25. The maximum Gasteiger partial charge on any atom is 0.267 e. The molecule has 1 atom stereocenters. The van der Waals surface area contributed by atoms with Gasteiger partial charge >= 0.3 is 0 Å². The number of benzene rings is 1. The predicted octanol–water partition coefficient (Wildman–Crippen LogP) is 2.37. The maximum atomic E-state index is 12.4. The van der Waals surface area contributed by atoms with Crippen LogP contribution in [0, 0.1) is 13.8 Å². The van der Waals surface area contributed by atoms with Crippen molar-refractivity contribution in [2.45, 2.75) is 31.7 Å². The second kappa shape index (κ2) is 5.87. The smallest absolute Gasteiger partial charge is 0.267 e. The monoisotopic (exact) mass is 309 g/mol. The molecule has 0 saturated heterocycles. The first-order valence-corrected chi connectivity index (χ1v) is 8.06. The minimum atomic E-state index is -3.69. The van der Waals surface area contributed by atoms with E-state index < -0.39 is 10.0 Å². The maximum absolute atomic E-state index is 12.4. The summed E-state index contributed by atoms with van der Waals surface area (Å²) in [6, 6.07) is 7.44. The van der Waals surface area contributed by atoms with Crippen molar-refractivity contribution in [2.75, 3.05) is 11.8 Å². The highest BCUT2D eigenvalue weighted by Gasteiger charge is 2.24. The average Bonchev–Trinajstić information content (AvgIpc) is 2.78. The standard InChI is InChI=1S/C14H19N3O3S/c1-9(15-4)12-5-7-13(8-6-12)17-21(18,19)14-10(2)16-20-11(14)3/h5-9,15,17H,1-4H3. The topological polar surface area (TPSA) is 84.2 Å². The molecule has 0 aliphatic rings. The summed E-state index contributed by atoms with van der Waals surface area (Å²) in [6.45, 7) is 5.21. The van der Waals surface area contributed by atoms with Gasteiger partial charge in [-0.3, -0.25) is 4.72 Å². The Morgan fingerprint density at radius 2 is 1.81 bits per heavy atom. The van der Waals surface area contributed by atoms with Crippen molar-refractivity contribution in [1.82, 2.24) is 10.5 Å². The minimum Gasteiger partial charge on any atom is -0.360 e. The van der Waals surface area contributed by atoms with Crippen molar-refractivity contribution < 1.29 is 12.9 Å². The molecule has 6 nitrogen and oxygen atoms in total. The van der Waals surface area contributed by atoms with Crippen LogP contribution < -0.4 is 10.0 Å². The van der Waals surface area contributed by atoms with E-state index in [0.29, 0.717) is 11.4 Å². The van der Waals surface area contributed by atoms with Gasteiger partial charge in [0.05, 0.1) is 0 Å². The van der Waals surface area contributed by atoms with Crippen molar-refractivity contribution in [3.8, 4) is 0 Å². The molecule has 0 amide bonds. The third-order valence-corrected chi connectivity index (χ3v) is 4.96. The van der Waals surface area contributed by atoms with Crippen molar-refractivity contribution in [1.29, 1.82) is 0 Å². The first kappa shape index (κ1) is 15.5. The van der Waals surface area contributed by atoms with E-state index in [-0.39, 0.29) is 16.7 Å². The fourth-order valence-corrected chi connectivity index (χ4v) is 3.46. The zero-order valence-corrected chi connectivity index (χ0v) is 13.3. The molecule has 1 aromatic carbocycles. The van der Waals surface area contributed by atoms with Crippen LogP contribution in [0.1, 0.15) is 30.0 Å². The summed E-state index contributed by atoms with van der Waals surface area (Å²) in [4.78, 5) is 0.0927. The number of sulfonamides is 1. The number of rotatable bonds is 5. The molecule has 2 rings (SSSR count). The second-order valence-corrected chi connectivity index (χ2v) is 6.51. The van der Waals surface area contributed by atoms with E-state index in [1.54, 1.807) is 26.0 Å². The van der Waals surface area contributed by atoms with Gasteiger partial charge < -0.3 is 9.84 Å². The van der Waals surface area contributed by atoms with Gasteiger partial charge in [-0.15, -0.1) is 0 Å². The lowest BCUT2D eigenvalue weighted by atomic mass is 10.1. The van der Waals surface area contributed by atoms with Crippen molar-refractivity contribution in [2.24, 2.45) is 0 Å². The Morgan fingerprint density at radius 3 is 2.29 bits per heavy atom. The summed E-state index contributed by atoms with van der Waals surface area (Å²) < 4.78 is 32.2. The van der Waals surface area contributed by atoms with E-state index in [4.69, 9.17) is 4.52 Å². The highest BCUT2D eigenvalue weighted by Crippen LogP contribution is 2.23. The van der Waals surface area contributed by atoms with Crippen LogP contribution in [-0.2, 0) is 10.0 Å². The zero-order valence-electron chi connectivity index (χ0n) is 12.5. The highest BCUT2D eigenvalue weighted by atomic mass is 32.2. The molecule has 2 aromatic rings. The van der Waals surface area contributed by atoms with Crippen LogP contribution in [0.4, 0.5) is 5.69 Å². The van der Waals surface area contributed by atoms with Gasteiger partial charge in [-0.2, -0.15) is 0 Å². The minimum absolute atomic E-state index is 0.0927.